The van der Waals surface area contributed by atoms with Gasteiger partial charge < -0.3 is 24.8 Å². The molecule has 1 aromatic carbocycles. The van der Waals surface area contributed by atoms with E-state index in [1.54, 1.807) is 18.3 Å². The summed E-state index contributed by atoms with van der Waals surface area (Å²) in [7, 11) is 6.15. The van der Waals surface area contributed by atoms with Crippen LogP contribution in [0.15, 0.2) is 30.6 Å². The number of carbonyl (C=O) groups is 1. The fourth-order valence-corrected chi connectivity index (χ4v) is 5.42. The van der Waals surface area contributed by atoms with Crippen molar-refractivity contribution in [1.29, 1.82) is 0 Å². The molecule has 2 aliphatic heterocycles. The maximum atomic E-state index is 12.2. The molecule has 2 aromatic rings. The fourth-order valence-electron chi connectivity index (χ4n) is 5.42. The average molecular weight is 495 g/mol. The van der Waals surface area contributed by atoms with Crippen molar-refractivity contribution in [3.05, 3.63) is 47.3 Å². The molecule has 2 saturated heterocycles. The number of piperidine rings is 1. The van der Waals surface area contributed by atoms with Crippen LogP contribution in [0, 0.1) is 6.92 Å². The average Bonchev–Trinajstić information content (AvgIpc) is 3.06. The Morgan fingerprint density at radius 2 is 1.67 bits per heavy atom. The standard InChI is InChI=1S/C28H42N6O2/c1-19-25(30-18-31-26(19)34-22-12-13-23(34)15-24(14-22)32(5)6)29-16-20-8-10-21(11-9-20)17-33(7)27(35)36-28(2,3)4/h8-11,18,22-24H,12-17H2,1-7H3,(H,29,30,31)/t22-,23+,24?. The van der Waals surface area contributed by atoms with E-state index >= 15 is 0 Å². The Morgan fingerprint density at radius 1 is 1.06 bits per heavy atom. The summed E-state index contributed by atoms with van der Waals surface area (Å²) in [6.45, 7) is 8.93. The zero-order chi connectivity index (χ0) is 26.0. The van der Waals surface area contributed by atoms with E-state index in [0.29, 0.717) is 31.2 Å². The lowest BCUT2D eigenvalue weighted by atomic mass is 9.96. The molecule has 2 bridgehead atoms. The van der Waals surface area contributed by atoms with Crippen LogP contribution in [0.2, 0.25) is 0 Å². The number of carbonyl (C=O) groups excluding carboxylic acids is 1. The number of ether oxygens (including phenoxy) is 1. The number of hydrogen-bond acceptors (Lipinski definition) is 7. The van der Waals surface area contributed by atoms with Crippen LogP contribution in [0.1, 0.15) is 63.1 Å². The number of aromatic nitrogens is 2. The predicted molar refractivity (Wildman–Crippen MR) is 144 cm³/mol. The Morgan fingerprint density at radius 3 is 2.25 bits per heavy atom. The molecule has 0 spiro atoms. The van der Waals surface area contributed by atoms with Gasteiger partial charge in [0.15, 0.2) is 0 Å². The summed E-state index contributed by atoms with van der Waals surface area (Å²) in [4.78, 5) is 28.0. The lowest BCUT2D eigenvalue weighted by molar-refractivity contribution is 0.0285. The van der Waals surface area contributed by atoms with Crippen molar-refractivity contribution in [3.8, 4) is 0 Å². The summed E-state index contributed by atoms with van der Waals surface area (Å²) in [5, 5.41) is 3.52. The third-order valence-corrected chi connectivity index (χ3v) is 7.35. The summed E-state index contributed by atoms with van der Waals surface area (Å²) >= 11 is 0. The number of fused-ring (bicyclic) bond motifs is 2. The van der Waals surface area contributed by atoms with E-state index in [1.165, 1.54) is 25.7 Å². The van der Waals surface area contributed by atoms with Crippen molar-refractivity contribution >= 4 is 17.7 Å². The highest BCUT2D eigenvalue weighted by Crippen LogP contribution is 2.41. The van der Waals surface area contributed by atoms with E-state index in [2.05, 4.69) is 65.4 Å². The third-order valence-electron chi connectivity index (χ3n) is 7.35. The van der Waals surface area contributed by atoms with Gasteiger partial charge in [-0.3, -0.25) is 0 Å². The maximum Gasteiger partial charge on any atom is 0.410 e. The van der Waals surface area contributed by atoms with Gasteiger partial charge in [0.25, 0.3) is 0 Å². The first-order valence-corrected chi connectivity index (χ1v) is 13.0. The first-order valence-electron chi connectivity index (χ1n) is 13.0. The van der Waals surface area contributed by atoms with Crippen LogP contribution in [0.25, 0.3) is 0 Å². The molecule has 8 nitrogen and oxygen atoms in total. The Bertz CT molecular complexity index is 1030. The topological polar surface area (TPSA) is 73.8 Å². The molecular weight excluding hydrogens is 452 g/mol. The second-order valence-corrected chi connectivity index (χ2v) is 11.6. The van der Waals surface area contributed by atoms with Gasteiger partial charge in [-0.1, -0.05) is 24.3 Å². The summed E-state index contributed by atoms with van der Waals surface area (Å²) < 4.78 is 5.44. The van der Waals surface area contributed by atoms with Crippen LogP contribution < -0.4 is 10.2 Å². The molecule has 8 heteroatoms. The van der Waals surface area contributed by atoms with Gasteiger partial charge in [0.05, 0.1) is 0 Å². The maximum absolute atomic E-state index is 12.2. The SMILES string of the molecule is Cc1c(NCc2ccc(CN(C)C(=O)OC(C)(C)C)cc2)ncnc1N1[C@@H]2CC[C@H]1CC(N(C)C)C2. The smallest absolute Gasteiger partial charge is 0.410 e. The highest BCUT2D eigenvalue weighted by atomic mass is 16.6. The van der Waals surface area contributed by atoms with Gasteiger partial charge in [-0.25, -0.2) is 14.8 Å². The number of rotatable bonds is 7. The molecule has 2 fully saturated rings. The van der Waals surface area contributed by atoms with Crippen LogP contribution in [0.4, 0.5) is 16.4 Å². The van der Waals surface area contributed by atoms with E-state index in [-0.39, 0.29) is 6.09 Å². The first kappa shape index (κ1) is 26.2. The van der Waals surface area contributed by atoms with Crippen molar-refractivity contribution in [2.75, 3.05) is 31.4 Å². The minimum absolute atomic E-state index is 0.317. The zero-order valence-corrected chi connectivity index (χ0v) is 22.9. The van der Waals surface area contributed by atoms with Gasteiger partial charge in [0.1, 0.15) is 23.6 Å². The van der Waals surface area contributed by atoms with Gasteiger partial charge in [-0.2, -0.15) is 0 Å². The number of nitrogens with zero attached hydrogens (tertiary/aromatic N) is 5. The molecule has 1 N–H and O–H groups in total. The normalized spacial score (nSPS) is 21.6. The molecule has 1 unspecified atom stereocenters. The van der Waals surface area contributed by atoms with Gasteiger partial charge in [0, 0.05) is 43.8 Å². The summed E-state index contributed by atoms with van der Waals surface area (Å²) in [6, 6.07) is 10.1. The van der Waals surface area contributed by atoms with Gasteiger partial charge in [-0.05, 0) is 78.6 Å². The number of hydrogen-bond donors (Lipinski definition) is 1. The Balaban J connectivity index is 1.36. The lowest BCUT2D eigenvalue weighted by Crippen LogP contribution is -2.49. The van der Waals surface area contributed by atoms with Gasteiger partial charge >= 0.3 is 6.09 Å². The monoisotopic (exact) mass is 494 g/mol. The minimum atomic E-state index is -0.498. The van der Waals surface area contributed by atoms with E-state index in [9.17, 15) is 4.79 Å². The molecule has 3 heterocycles. The first-order chi connectivity index (χ1) is 17.0. The molecule has 1 amide bonds. The molecule has 2 aliphatic rings. The van der Waals surface area contributed by atoms with Crippen LogP contribution >= 0.6 is 0 Å². The van der Waals surface area contributed by atoms with Crippen LogP contribution in [0.5, 0.6) is 0 Å². The van der Waals surface area contributed by atoms with Crippen molar-refractivity contribution < 1.29 is 9.53 Å². The highest BCUT2D eigenvalue weighted by Gasteiger charge is 2.42. The Hall–Kier alpha value is -2.87. The third kappa shape index (κ3) is 6.09. The molecule has 4 rings (SSSR count). The van der Waals surface area contributed by atoms with Crippen LogP contribution in [-0.2, 0) is 17.8 Å². The number of nitrogens with one attached hydrogen (secondary N) is 1. The molecule has 0 aliphatic carbocycles. The van der Waals surface area contributed by atoms with Gasteiger partial charge in [0.2, 0.25) is 0 Å². The second-order valence-electron chi connectivity index (χ2n) is 11.6. The number of amides is 1. The predicted octanol–water partition coefficient (Wildman–Crippen LogP) is 4.83. The van der Waals surface area contributed by atoms with Crippen LogP contribution in [0.3, 0.4) is 0 Å². The van der Waals surface area contributed by atoms with Crippen molar-refractivity contribution in [1.82, 2.24) is 19.8 Å². The Labute approximate surface area is 216 Å². The zero-order valence-electron chi connectivity index (χ0n) is 22.9. The minimum Gasteiger partial charge on any atom is -0.444 e. The Kier molecular flexibility index (Phi) is 7.73. The summed E-state index contributed by atoms with van der Waals surface area (Å²) in [6.07, 6.45) is 6.27. The van der Waals surface area contributed by atoms with Crippen molar-refractivity contribution in [2.45, 2.75) is 90.2 Å². The van der Waals surface area contributed by atoms with Crippen LogP contribution in [-0.4, -0.2) is 70.7 Å². The van der Waals surface area contributed by atoms with Crippen molar-refractivity contribution in [2.24, 2.45) is 0 Å². The second kappa shape index (κ2) is 10.6. The van der Waals surface area contributed by atoms with E-state index < -0.39 is 5.60 Å². The number of anilines is 2. The van der Waals surface area contributed by atoms with Crippen molar-refractivity contribution in [3.63, 3.8) is 0 Å². The quantitative estimate of drug-likeness (QED) is 0.591. The van der Waals surface area contributed by atoms with E-state index in [1.807, 2.05) is 20.8 Å². The molecule has 36 heavy (non-hydrogen) atoms. The van der Waals surface area contributed by atoms with E-state index in [4.69, 9.17) is 9.72 Å². The molecule has 3 atom stereocenters. The lowest BCUT2D eigenvalue weighted by Gasteiger charge is -2.42. The molecule has 0 saturated carbocycles. The highest BCUT2D eigenvalue weighted by molar-refractivity contribution is 5.67. The summed E-state index contributed by atoms with van der Waals surface area (Å²) in [5.41, 5.74) is 2.84. The molecule has 0 radical (unpaired) electrons. The molecule has 196 valence electrons. The van der Waals surface area contributed by atoms with E-state index in [0.717, 1.165) is 28.3 Å². The fraction of sp³-hybridized carbons (Fsp3) is 0.607. The van der Waals surface area contributed by atoms with Gasteiger partial charge in [-0.15, -0.1) is 0 Å². The number of benzene rings is 1. The molecular formula is C28H42N6O2. The summed E-state index contributed by atoms with van der Waals surface area (Å²) in [5.74, 6) is 1.97. The largest absolute Gasteiger partial charge is 0.444 e. The molecule has 1 aromatic heterocycles.